The van der Waals surface area contributed by atoms with Gasteiger partial charge in [0.05, 0.1) is 18.8 Å². The Morgan fingerprint density at radius 3 is 2.71 bits per heavy atom. The predicted octanol–water partition coefficient (Wildman–Crippen LogP) is 3.87. The molecule has 0 radical (unpaired) electrons. The predicted molar refractivity (Wildman–Crippen MR) is 84.8 cm³/mol. The van der Waals surface area contributed by atoms with Crippen LogP contribution in [0.1, 0.15) is 32.5 Å². The third-order valence-electron chi connectivity index (χ3n) is 3.58. The van der Waals surface area contributed by atoms with Gasteiger partial charge in [0.2, 0.25) is 0 Å². The second kappa shape index (κ2) is 5.64. The minimum absolute atomic E-state index is 0.397. The van der Waals surface area contributed by atoms with E-state index in [0.717, 1.165) is 18.0 Å². The van der Waals surface area contributed by atoms with E-state index in [0.29, 0.717) is 12.6 Å². The number of rotatable bonds is 5. The largest absolute Gasteiger partial charge is 0.494 e. The number of hydrogen-bond donors (Lipinski definition) is 0. The zero-order chi connectivity index (χ0) is 14.8. The van der Waals surface area contributed by atoms with Gasteiger partial charge >= 0.3 is 0 Å². The summed E-state index contributed by atoms with van der Waals surface area (Å²) in [5, 5.41) is 5.81. The monoisotopic (exact) mass is 283 g/mol. The Labute approximate surface area is 124 Å². The quantitative estimate of drug-likeness (QED) is 0.712. The van der Waals surface area contributed by atoms with Crippen LogP contribution in [0.25, 0.3) is 10.9 Å². The molecule has 1 aromatic carbocycles. The second-order valence-corrected chi connectivity index (χ2v) is 5.48. The summed E-state index contributed by atoms with van der Waals surface area (Å²) in [4.78, 5) is 0. The topological polar surface area (TPSA) is 32.0 Å². The van der Waals surface area contributed by atoms with Crippen molar-refractivity contribution < 1.29 is 4.74 Å². The molecule has 2 heterocycles. The first-order chi connectivity index (χ1) is 10.2. The highest BCUT2D eigenvalue weighted by molar-refractivity contribution is 5.81. The Morgan fingerprint density at radius 2 is 2.00 bits per heavy atom. The van der Waals surface area contributed by atoms with Crippen LogP contribution < -0.4 is 4.74 Å². The normalized spacial score (nSPS) is 11.4. The Balaban J connectivity index is 1.86. The molecule has 0 bridgehead atoms. The molecule has 0 aliphatic heterocycles. The van der Waals surface area contributed by atoms with Crippen LogP contribution in [0.4, 0.5) is 0 Å². The van der Waals surface area contributed by atoms with Crippen molar-refractivity contribution in [2.24, 2.45) is 0 Å². The van der Waals surface area contributed by atoms with Crippen LogP contribution in [-0.2, 0) is 6.54 Å². The van der Waals surface area contributed by atoms with Crippen molar-refractivity contribution >= 4 is 10.9 Å². The van der Waals surface area contributed by atoms with Gasteiger partial charge in [-0.25, -0.2) is 0 Å². The maximum atomic E-state index is 5.55. The Hall–Kier alpha value is -2.23. The van der Waals surface area contributed by atoms with E-state index < -0.39 is 0 Å². The molecule has 0 aliphatic rings. The van der Waals surface area contributed by atoms with E-state index in [1.54, 1.807) is 0 Å². The highest BCUT2D eigenvalue weighted by Crippen LogP contribution is 2.22. The minimum Gasteiger partial charge on any atom is -0.494 e. The van der Waals surface area contributed by atoms with Crippen molar-refractivity contribution in [2.75, 3.05) is 6.61 Å². The average molecular weight is 283 g/mol. The molecule has 0 atom stereocenters. The smallest absolute Gasteiger partial charge is 0.120 e. The van der Waals surface area contributed by atoms with Crippen molar-refractivity contribution in [3.05, 3.63) is 48.4 Å². The van der Waals surface area contributed by atoms with Crippen LogP contribution in [0.5, 0.6) is 5.75 Å². The van der Waals surface area contributed by atoms with E-state index in [4.69, 9.17) is 4.74 Å². The summed E-state index contributed by atoms with van der Waals surface area (Å²) in [6, 6.07) is 10.8. The fraction of sp³-hybridized carbons (Fsp3) is 0.353. The van der Waals surface area contributed by atoms with E-state index >= 15 is 0 Å². The first-order valence-corrected chi connectivity index (χ1v) is 7.43. The lowest BCUT2D eigenvalue weighted by Crippen LogP contribution is -2.04. The molecule has 0 unspecified atom stereocenters. The second-order valence-electron chi connectivity index (χ2n) is 5.48. The van der Waals surface area contributed by atoms with Crippen molar-refractivity contribution in [1.29, 1.82) is 0 Å². The first-order valence-electron chi connectivity index (χ1n) is 7.43. The van der Waals surface area contributed by atoms with Crippen LogP contribution in [0.3, 0.4) is 0 Å². The van der Waals surface area contributed by atoms with Gasteiger partial charge in [-0.15, -0.1) is 0 Å². The van der Waals surface area contributed by atoms with E-state index in [-0.39, 0.29) is 0 Å². The van der Waals surface area contributed by atoms with Crippen LogP contribution >= 0.6 is 0 Å². The molecule has 3 rings (SSSR count). The highest BCUT2D eigenvalue weighted by Gasteiger charge is 2.06. The molecule has 4 nitrogen and oxygen atoms in total. The standard InChI is InChI=1S/C17H21N3O/c1-4-21-16-5-6-17-14(11-16)7-9-19(17)12-15-8-10-20(18-15)13(2)3/h5-11,13H,4,12H2,1-3H3. The lowest BCUT2D eigenvalue weighted by molar-refractivity contribution is 0.340. The van der Waals surface area contributed by atoms with Crippen LogP contribution in [-0.4, -0.2) is 21.0 Å². The van der Waals surface area contributed by atoms with Crippen molar-refractivity contribution in [1.82, 2.24) is 14.3 Å². The van der Waals surface area contributed by atoms with Gasteiger partial charge in [-0.05, 0) is 51.1 Å². The van der Waals surface area contributed by atoms with E-state index in [2.05, 4.69) is 54.0 Å². The van der Waals surface area contributed by atoms with Crippen LogP contribution in [0.15, 0.2) is 42.7 Å². The molecular weight excluding hydrogens is 262 g/mol. The molecule has 0 amide bonds. The average Bonchev–Trinajstić information content (AvgIpc) is 3.07. The van der Waals surface area contributed by atoms with Crippen molar-refractivity contribution in [3.63, 3.8) is 0 Å². The van der Waals surface area contributed by atoms with Crippen molar-refractivity contribution in [2.45, 2.75) is 33.4 Å². The number of fused-ring (bicyclic) bond motifs is 1. The number of ether oxygens (including phenoxy) is 1. The molecule has 2 aromatic heterocycles. The van der Waals surface area contributed by atoms with Gasteiger partial charge in [0.1, 0.15) is 5.75 Å². The molecule has 0 saturated carbocycles. The first kappa shape index (κ1) is 13.7. The van der Waals surface area contributed by atoms with E-state index in [9.17, 15) is 0 Å². The molecule has 0 saturated heterocycles. The van der Waals surface area contributed by atoms with Crippen LogP contribution in [0, 0.1) is 0 Å². The van der Waals surface area contributed by atoms with Gasteiger partial charge in [0.25, 0.3) is 0 Å². The lowest BCUT2D eigenvalue weighted by Gasteiger charge is -2.06. The van der Waals surface area contributed by atoms with Gasteiger partial charge < -0.3 is 9.30 Å². The fourth-order valence-electron chi connectivity index (χ4n) is 2.50. The fourth-order valence-corrected chi connectivity index (χ4v) is 2.50. The summed E-state index contributed by atoms with van der Waals surface area (Å²) < 4.78 is 9.76. The summed E-state index contributed by atoms with van der Waals surface area (Å²) in [7, 11) is 0. The molecule has 110 valence electrons. The van der Waals surface area contributed by atoms with Crippen molar-refractivity contribution in [3.8, 4) is 5.75 Å². The molecule has 21 heavy (non-hydrogen) atoms. The summed E-state index contributed by atoms with van der Waals surface area (Å²) >= 11 is 0. The summed E-state index contributed by atoms with van der Waals surface area (Å²) in [5.74, 6) is 0.923. The molecule has 0 N–H and O–H groups in total. The van der Waals surface area contributed by atoms with Gasteiger partial charge in [-0.2, -0.15) is 5.10 Å². The van der Waals surface area contributed by atoms with Crippen LogP contribution in [0.2, 0.25) is 0 Å². The number of nitrogens with zero attached hydrogens (tertiary/aromatic N) is 3. The molecule has 3 aromatic rings. The zero-order valence-electron chi connectivity index (χ0n) is 12.8. The Bertz CT molecular complexity index is 739. The summed E-state index contributed by atoms with van der Waals surface area (Å²) in [6.45, 7) is 7.75. The minimum atomic E-state index is 0.397. The Kier molecular flexibility index (Phi) is 3.69. The lowest BCUT2D eigenvalue weighted by atomic mass is 10.2. The maximum Gasteiger partial charge on any atom is 0.120 e. The van der Waals surface area contributed by atoms with Gasteiger partial charge in [0, 0.05) is 29.3 Å². The maximum absolute atomic E-state index is 5.55. The third-order valence-corrected chi connectivity index (χ3v) is 3.58. The SMILES string of the molecule is CCOc1ccc2c(ccn2Cc2ccn(C(C)C)n2)c1. The van der Waals surface area contributed by atoms with Gasteiger partial charge in [-0.3, -0.25) is 4.68 Å². The molecular formula is C17H21N3O. The number of hydrogen-bond acceptors (Lipinski definition) is 2. The van der Waals surface area contributed by atoms with E-state index in [1.165, 1.54) is 10.9 Å². The highest BCUT2D eigenvalue weighted by atomic mass is 16.5. The number of benzene rings is 1. The summed E-state index contributed by atoms with van der Waals surface area (Å²) in [5.41, 5.74) is 2.28. The zero-order valence-corrected chi connectivity index (χ0v) is 12.8. The van der Waals surface area contributed by atoms with Gasteiger partial charge in [-0.1, -0.05) is 0 Å². The molecule has 4 heteroatoms. The van der Waals surface area contributed by atoms with E-state index in [1.807, 2.05) is 23.9 Å². The van der Waals surface area contributed by atoms with Gasteiger partial charge in [0.15, 0.2) is 0 Å². The molecule has 0 fully saturated rings. The summed E-state index contributed by atoms with van der Waals surface area (Å²) in [6.07, 6.45) is 4.15. The third kappa shape index (κ3) is 2.79. The molecule has 0 aliphatic carbocycles. The number of aromatic nitrogens is 3. The molecule has 0 spiro atoms. The Morgan fingerprint density at radius 1 is 1.14 bits per heavy atom.